The largest absolute Gasteiger partial charge is 0.484 e. The van der Waals surface area contributed by atoms with Gasteiger partial charge in [0, 0.05) is 188 Å². The van der Waals surface area contributed by atoms with Crippen molar-refractivity contribution in [3.8, 4) is 62.3 Å². The minimum atomic E-state index is -3.85. The lowest BCUT2D eigenvalue weighted by molar-refractivity contribution is -0.131. The molecule has 3 fully saturated rings. The van der Waals surface area contributed by atoms with Gasteiger partial charge in [0.05, 0.1) is 73.1 Å². The molecule has 44 heteroatoms. The average molecular weight is 1920 g/mol. The number of ether oxygens (including phenoxy) is 3. The number of carbonyl (C=O) groups excluding carboxylic acids is 8. The maximum atomic E-state index is 13.1. The number of sulfonamides is 2. The van der Waals surface area contributed by atoms with E-state index in [0.717, 1.165) is 80.6 Å². The van der Waals surface area contributed by atoms with Gasteiger partial charge >= 0.3 is 0 Å². The lowest BCUT2D eigenvalue weighted by Gasteiger charge is -2.33. The Bertz CT molecular complexity index is 6800. The van der Waals surface area contributed by atoms with Crippen LogP contribution in [0.25, 0.3) is 45.0 Å². The Balaban J connectivity index is 0.000000129. The number of aryl methyl sites for hydroxylation is 2. The number of piperazine rings is 3. The summed E-state index contributed by atoms with van der Waals surface area (Å²) in [6.07, 6.45) is 6.56. The van der Waals surface area contributed by atoms with Crippen molar-refractivity contribution >= 4 is 177 Å². The summed E-state index contributed by atoms with van der Waals surface area (Å²) in [6.45, 7) is 17.6. The fourth-order valence-electron chi connectivity index (χ4n) is 15.2. The lowest BCUT2D eigenvalue weighted by Crippen LogP contribution is -2.49. The number of nitrogens with two attached hydrogens (primary N) is 2. The Morgan fingerprint density at radius 2 is 0.712 bits per heavy atom. The van der Waals surface area contributed by atoms with Crippen LogP contribution in [0.2, 0.25) is 0 Å². The van der Waals surface area contributed by atoms with Gasteiger partial charge in [0.1, 0.15) is 36.9 Å². The van der Waals surface area contributed by atoms with E-state index in [1.165, 1.54) is 89.7 Å². The molecule has 0 atom stereocenters. The van der Waals surface area contributed by atoms with Crippen molar-refractivity contribution in [1.82, 2.24) is 74.2 Å². The van der Waals surface area contributed by atoms with Crippen LogP contribution in [0.4, 0.5) is 52.2 Å². The second kappa shape index (κ2) is 38.9. The van der Waals surface area contributed by atoms with E-state index in [-0.39, 0.29) is 63.0 Å². The van der Waals surface area contributed by atoms with E-state index in [4.69, 9.17) is 29.5 Å². The van der Waals surface area contributed by atoms with Crippen LogP contribution in [0.5, 0.6) is 17.2 Å². The zero-order chi connectivity index (χ0) is 93.1. The first-order valence-electron chi connectivity index (χ1n) is 41.3. The Kier molecular flexibility index (Phi) is 27.1. The van der Waals surface area contributed by atoms with Crippen LogP contribution in [0.1, 0.15) is 97.0 Å². The Morgan fingerprint density at radius 3 is 1.08 bits per heavy atom. The Hall–Kier alpha value is -13.5. The molecule has 8 aromatic heterocycles. The molecule has 0 unspecified atom stereocenters. The van der Waals surface area contributed by atoms with E-state index in [1.54, 1.807) is 124 Å². The molecule has 19 rings (SSSR count). The summed E-state index contributed by atoms with van der Waals surface area (Å²) in [7, 11) is -4.20. The standard InChI is InChI=1S/C24H24N6O4S.C24H25N5O3S.C22H22N6O5S2.C18H17N5O3S3/c1-14(31)26-16-4-3-5-17(10-16)27-24-25-12-19-22(28-24)18-11-20(35-21(18)13-34-19)23(33)30-8-6-29(7-9-30)15(2)32;1-14-8-15(2)10-17(9-14)26-24-25-12-19-22(27-24)18-11-20(33-21(18)13-32-19)23(31)29-6-4-28(5-7-29)16(3)30;1-13(29)27-5-7-28(8-6-27)21(30)18-10-16-19(34-18)12-33-17-11-24-22(26-20(16)17)25-14-3-2-4-15(9-14)35(23,31)32;1-23(2)17(24)13-7-12-15(28-13)9-27-14-8-20-18(22-16(12)14)21-10-4-3-5-11(6-10)29(19,25)26/h3-5,10-12H,6-9,13H2,1-2H3,(H,26,31)(H,25,27,28);8-12H,4-7,13H2,1-3H3,(H,25,26,27);2-4,9-11H,5-8,12H2,1H3,(H2,23,31,32)(H,24,25,26);3-8H,9H2,1-2H3,(H2,19,25,26)(H,20,21,22). The normalized spacial score (nSPS) is 14.4. The molecule has 132 heavy (non-hydrogen) atoms. The summed E-state index contributed by atoms with van der Waals surface area (Å²) < 4.78 is 63.9. The van der Waals surface area contributed by atoms with Gasteiger partial charge in [-0.15, -0.1) is 57.1 Å². The fraction of sp³-hybridized carbons (Fsp3) is 0.273. The van der Waals surface area contributed by atoms with Crippen molar-refractivity contribution in [3.05, 3.63) is 190 Å². The SMILES string of the molecule is CC(=O)N1CCN(C(=O)c2cc3c(s2)COc2cnc(Nc4cc(C)cc(C)c4)nc2-3)CC1.CC(=O)N1CCN(C(=O)c2cc3c(s2)COc2cnc(Nc4cccc(S(N)(=O)=O)c4)nc2-3)CC1.CC(=O)Nc1cccc(Nc2ncc3c(n2)-c2cc(C(=O)N4CCN(C(C)=O)CC4)sc2CO3)c1.CN(C)C(=O)c1cc2c(s1)CSc1cnc(Nc3cccc(S(N)(=O)=O)c3)nc1-2. The molecule has 0 radical (unpaired) electrons. The number of hydrogen-bond donors (Lipinski definition) is 7. The number of primary sulfonamides is 2. The van der Waals surface area contributed by atoms with E-state index in [0.29, 0.717) is 187 Å². The molecule has 15 heterocycles. The van der Waals surface area contributed by atoms with Crippen LogP contribution in [-0.2, 0) is 64.8 Å². The van der Waals surface area contributed by atoms with Crippen LogP contribution in [0.3, 0.4) is 0 Å². The highest BCUT2D eigenvalue weighted by Gasteiger charge is 2.35. The topological polar surface area (TPSA) is 471 Å². The highest BCUT2D eigenvalue weighted by atomic mass is 32.2. The number of rotatable bonds is 15. The third-order valence-electron chi connectivity index (χ3n) is 21.8. The minimum absolute atomic E-state index is 0.00276. The number of nitrogens with one attached hydrogen (secondary N) is 5. The molecule has 0 spiro atoms. The van der Waals surface area contributed by atoms with Crippen molar-refractivity contribution in [2.75, 3.05) is 119 Å². The molecular formula is C88H88N22O15S7. The number of thiophene rings is 4. The first-order valence-corrected chi connectivity index (χ1v) is 48.7. The molecule has 3 saturated heterocycles. The third kappa shape index (κ3) is 21.3. The molecule has 0 aliphatic carbocycles. The number of carbonyl (C=O) groups is 8. The lowest BCUT2D eigenvalue weighted by atomic mass is 10.1. The summed E-state index contributed by atoms with van der Waals surface area (Å²) >= 11 is 7.31. The molecule has 7 aliphatic rings. The van der Waals surface area contributed by atoms with Crippen molar-refractivity contribution in [3.63, 3.8) is 0 Å². The van der Waals surface area contributed by atoms with Crippen LogP contribution >= 0.6 is 57.1 Å². The number of thioether (sulfide) groups is 1. The summed E-state index contributed by atoms with van der Waals surface area (Å²) in [5, 5.41) is 25.6. The summed E-state index contributed by atoms with van der Waals surface area (Å²) in [6, 6.07) is 33.1. The van der Waals surface area contributed by atoms with Crippen LogP contribution in [-0.4, -0.2) is 231 Å². The van der Waals surface area contributed by atoms with E-state index in [9.17, 15) is 55.2 Å². The third-order valence-corrected chi connectivity index (χ3v) is 29.2. The maximum Gasteiger partial charge on any atom is 0.264 e. The van der Waals surface area contributed by atoms with Gasteiger partial charge in [0.25, 0.3) is 23.6 Å². The number of aromatic nitrogens is 8. The van der Waals surface area contributed by atoms with Crippen molar-refractivity contribution in [2.45, 2.75) is 81.8 Å². The van der Waals surface area contributed by atoms with Gasteiger partial charge in [-0.1, -0.05) is 24.3 Å². The van der Waals surface area contributed by atoms with Crippen molar-refractivity contribution in [1.29, 1.82) is 0 Å². The first kappa shape index (κ1) is 91.8. The summed E-state index contributed by atoms with van der Waals surface area (Å²) in [5.41, 5.74) is 11.7. The van der Waals surface area contributed by atoms with Gasteiger partial charge in [-0.3, -0.25) is 38.4 Å². The minimum Gasteiger partial charge on any atom is -0.484 e. The molecule has 37 nitrogen and oxygen atoms in total. The predicted octanol–water partition coefficient (Wildman–Crippen LogP) is 11.6. The van der Waals surface area contributed by atoms with Gasteiger partial charge in [0.15, 0.2) is 17.2 Å². The second-order valence-corrected chi connectivity index (χ2v) is 40.1. The van der Waals surface area contributed by atoms with Gasteiger partial charge < -0.3 is 75.1 Å². The summed E-state index contributed by atoms with van der Waals surface area (Å²) in [4.78, 5) is 153. The Morgan fingerprint density at radius 1 is 0.386 bits per heavy atom. The van der Waals surface area contributed by atoms with Crippen molar-refractivity contribution in [2.24, 2.45) is 10.3 Å². The number of nitrogens with zero attached hydrogens (tertiary/aromatic N) is 15. The monoisotopic (exact) mass is 1920 g/mol. The number of anilines is 9. The van der Waals surface area contributed by atoms with E-state index in [2.05, 4.69) is 81.4 Å². The highest BCUT2D eigenvalue weighted by molar-refractivity contribution is 7.99. The second-order valence-electron chi connectivity index (χ2n) is 31.4. The quantitative estimate of drug-likeness (QED) is 0.0501. The van der Waals surface area contributed by atoms with E-state index >= 15 is 0 Å². The Labute approximate surface area is 778 Å². The molecule has 8 amide bonds. The molecule has 12 aromatic rings. The molecule has 682 valence electrons. The van der Waals surface area contributed by atoms with Gasteiger partial charge in [-0.2, -0.15) is 0 Å². The van der Waals surface area contributed by atoms with Crippen LogP contribution in [0, 0.1) is 13.8 Å². The molecule has 7 aliphatic heterocycles. The zero-order valence-electron chi connectivity index (χ0n) is 72.4. The molecule has 0 bridgehead atoms. The van der Waals surface area contributed by atoms with E-state index in [1.807, 2.05) is 53.4 Å². The zero-order valence-corrected chi connectivity index (χ0v) is 78.2. The van der Waals surface area contributed by atoms with Crippen LogP contribution in [0.15, 0.2) is 155 Å². The average Bonchev–Trinajstić information content (AvgIpc) is 1.61. The smallest absolute Gasteiger partial charge is 0.264 e. The fourth-order valence-corrected chi connectivity index (χ4v) is 21.7. The predicted molar refractivity (Wildman–Crippen MR) is 502 cm³/mol. The number of benzene rings is 4. The van der Waals surface area contributed by atoms with Gasteiger partial charge in [-0.25, -0.2) is 67.0 Å². The summed E-state index contributed by atoms with van der Waals surface area (Å²) in [5.74, 6) is 3.61. The van der Waals surface area contributed by atoms with Gasteiger partial charge in [0.2, 0.25) is 67.5 Å². The van der Waals surface area contributed by atoms with Crippen LogP contribution < -0.4 is 51.1 Å². The molecular weight excluding hydrogens is 1830 g/mol. The first-order chi connectivity index (χ1) is 63.1. The molecule has 4 aromatic carbocycles. The molecule has 0 saturated carbocycles. The highest BCUT2D eigenvalue weighted by Crippen LogP contribution is 2.47. The number of amides is 8. The number of hydrogen-bond acceptors (Lipinski definition) is 32. The maximum absolute atomic E-state index is 13.1. The molecule has 9 N–H and O–H groups in total. The number of fused-ring (bicyclic) bond motifs is 12. The van der Waals surface area contributed by atoms with Gasteiger partial charge in [-0.05, 0) is 116 Å². The van der Waals surface area contributed by atoms with Crippen molar-refractivity contribution < 1.29 is 69.4 Å². The van der Waals surface area contributed by atoms with E-state index < -0.39 is 20.0 Å².